The third-order valence-corrected chi connectivity index (χ3v) is 5.57. The van der Waals surface area contributed by atoms with Crippen molar-refractivity contribution in [3.63, 3.8) is 0 Å². The summed E-state index contributed by atoms with van der Waals surface area (Å²) in [6.45, 7) is 4.63. The van der Waals surface area contributed by atoms with Gasteiger partial charge in [-0.2, -0.15) is 0 Å². The van der Waals surface area contributed by atoms with Crippen LogP contribution in [0.25, 0.3) is 0 Å². The number of piperidine rings is 1. The first-order chi connectivity index (χ1) is 10.3. The first kappa shape index (κ1) is 16.9. The predicted octanol–water partition coefficient (Wildman–Crippen LogP) is 1.58. The van der Waals surface area contributed by atoms with Crippen molar-refractivity contribution in [2.75, 3.05) is 6.54 Å². The Morgan fingerprint density at radius 2 is 2.18 bits per heavy atom. The molecule has 2 N–H and O–H groups in total. The van der Waals surface area contributed by atoms with Gasteiger partial charge in [0.2, 0.25) is 10.0 Å². The summed E-state index contributed by atoms with van der Waals surface area (Å²) in [6, 6.07) is 3.81. The highest BCUT2D eigenvalue weighted by Gasteiger charge is 2.28. The third kappa shape index (κ3) is 3.63. The van der Waals surface area contributed by atoms with E-state index in [0.717, 1.165) is 25.5 Å². The van der Waals surface area contributed by atoms with Crippen molar-refractivity contribution in [3.05, 3.63) is 33.9 Å². The number of nitrogens with zero attached hydrogens (tertiary/aromatic N) is 1. The molecule has 0 bridgehead atoms. The smallest absolute Gasteiger partial charge is 0.270 e. The molecule has 2 atom stereocenters. The number of non-ortho nitro benzene ring substituents is 1. The molecule has 0 amide bonds. The van der Waals surface area contributed by atoms with Crippen LogP contribution in [0.1, 0.15) is 32.3 Å². The molecule has 1 aliphatic rings. The third-order valence-electron chi connectivity index (χ3n) is 4.00. The monoisotopic (exact) mass is 327 g/mol. The van der Waals surface area contributed by atoms with E-state index in [1.54, 1.807) is 0 Å². The Morgan fingerprint density at radius 1 is 1.45 bits per heavy atom. The number of rotatable bonds is 5. The minimum Gasteiger partial charge on any atom is -0.313 e. The number of sulfonamides is 1. The van der Waals surface area contributed by atoms with Gasteiger partial charge in [0.25, 0.3) is 5.69 Å². The highest BCUT2D eigenvalue weighted by molar-refractivity contribution is 7.89. The Morgan fingerprint density at radius 3 is 2.77 bits per heavy atom. The summed E-state index contributed by atoms with van der Waals surface area (Å²) in [5, 5.41) is 14.1. The molecular weight excluding hydrogens is 306 g/mol. The van der Waals surface area contributed by atoms with Gasteiger partial charge in [-0.1, -0.05) is 13.0 Å². The fraction of sp³-hybridized carbons (Fsp3) is 0.571. The first-order valence-corrected chi connectivity index (χ1v) is 8.86. The van der Waals surface area contributed by atoms with Crippen molar-refractivity contribution >= 4 is 15.7 Å². The van der Waals surface area contributed by atoms with Gasteiger partial charge in [-0.15, -0.1) is 0 Å². The van der Waals surface area contributed by atoms with E-state index in [-0.39, 0.29) is 22.7 Å². The summed E-state index contributed by atoms with van der Waals surface area (Å²) in [4.78, 5) is 10.3. The molecule has 122 valence electrons. The normalized spacial score (nSPS) is 22.5. The summed E-state index contributed by atoms with van der Waals surface area (Å²) in [5.41, 5.74) is 0.363. The van der Waals surface area contributed by atoms with E-state index in [9.17, 15) is 18.5 Å². The van der Waals surface area contributed by atoms with Gasteiger partial charge in [-0.25, -0.2) is 13.1 Å². The van der Waals surface area contributed by atoms with Crippen LogP contribution >= 0.6 is 0 Å². The molecule has 1 aromatic rings. The predicted molar refractivity (Wildman–Crippen MR) is 83.3 cm³/mol. The van der Waals surface area contributed by atoms with Gasteiger partial charge in [-0.05, 0) is 38.3 Å². The lowest BCUT2D eigenvalue weighted by molar-refractivity contribution is -0.385. The zero-order valence-corrected chi connectivity index (χ0v) is 13.5. The lowest BCUT2D eigenvalue weighted by Crippen LogP contribution is -2.51. The maximum Gasteiger partial charge on any atom is 0.270 e. The van der Waals surface area contributed by atoms with Gasteiger partial charge in [0.1, 0.15) is 0 Å². The topological polar surface area (TPSA) is 101 Å². The highest BCUT2D eigenvalue weighted by atomic mass is 32.2. The van der Waals surface area contributed by atoms with Crippen LogP contribution in [0.2, 0.25) is 0 Å². The number of nitrogens with one attached hydrogen (secondary N) is 2. The molecule has 1 aliphatic heterocycles. The molecule has 0 spiro atoms. The molecule has 2 rings (SSSR count). The number of aryl methyl sites for hydroxylation is 1. The standard InChI is InChI=1S/C14H21N3O4S/c1-3-11-6-7-12(17(18)19)9-14(11)22(20,21)16-13-5-4-8-15-10(13)2/h6-7,9-10,13,15-16H,3-5,8H2,1-2H3. The zero-order valence-electron chi connectivity index (χ0n) is 12.7. The number of hydrogen-bond donors (Lipinski definition) is 2. The van der Waals surface area contributed by atoms with Crippen molar-refractivity contribution in [3.8, 4) is 0 Å². The Hall–Kier alpha value is -1.51. The lowest BCUT2D eigenvalue weighted by Gasteiger charge is -2.30. The molecule has 0 radical (unpaired) electrons. The Bertz CT molecular complexity index is 660. The summed E-state index contributed by atoms with van der Waals surface area (Å²) >= 11 is 0. The van der Waals surface area contributed by atoms with E-state index >= 15 is 0 Å². The molecule has 7 nitrogen and oxygen atoms in total. The second-order valence-corrected chi connectivity index (χ2v) is 7.20. The van der Waals surface area contributed by atoms with E-state index in [1.807, 2.05) is 13.8 Å². The Balaban J connectivity index is 2.35. The molecule has 1 heterocycles. The van der Waals surface area contributed by atoms with Gasteiger partial charge in [0.15, 0.2) is 0 Å². The maximum absolute atomic E-state index is 12.6. The molecule has 2 unspecified atom stereocenters. The van der Waals surface area contributed by atoms with Gasteiger partial charge in [0.05, 0.1) is 9.82 Å². The number of benzene rings is 1. The van der Waals surface area contributed by atoms with Crippen molar-refractivity contribution < 1.29 is 13.3 Å². The molecule has 0 saturated carbocycles. The van der Waals surface area contributed by atoms with E-state index < -0.39 is 14.9 Å². The molecule has 0 aromatic heterocycles. The number of nitro benzene ring substituents is 1. The summed E-state index contributed by atoms with van der Waals surface area (Å²) in [7, 11) is -3.79. The zero-order chi connectivity index (χ0) is 16.3. The first-order valence-electron chi connectivity index (χ1n) is 7.38. The van der Waals surface area contributed by atoms with E-state index in [0.29, 0.717) is 12.0 Å². The molecule has 1 aromatic carbocycles. The molecule has 1 fully saturated rings. The van der Waals surface area contributed by atoms with Crippen LogP contribution in [0.5, 0.6) is 0 Å². The van der Waals surface area contributed by atoms with Crippen LogP contribution < -0.4 is 10.0 Å². The van der Waals surface area contributed by atoms with Gasteiger partial charge >= 0.3 is 0 Å². The Kier molecular flexibility index (Phi) is 5.15. The van der Waals surface area contributed by atoms with Crippen LogP contribution in [0, 0.1) is 10.1 Å². The minimum atomic E-state index is -3.79. The van der Waals surface area contributed by atoms with Crippen LogP contribution in [-0.4, -0.2) is 32.0 Å². The van der Waals surface area contributed by atoms with Crippen molar-refractivity contribution in [1.82, 2.24) is 10.0 Å². The van der Waals surface area contributed by atoms with Crippen LogP contribution in [0.3, 0.4) is 0 Å². The largest absolute Gasteiger partial charge is 0.313 e. The van der Waals surface area contributed by atoms with Crippen molar-refractivity contribution in [2.24, 2.45) is 0 Å². The van der Waals surface area contributed by atoms with E-state index in [1.165, 1.54) is 12.1 Å². The van der Waals surface area contributed by atoms with Gasteiger partial charge in [0, 0.05) is 24.2 Å². The average molecular weight is 327 g/mol. The lowest BCUT2D eigenvalue weighted by atomic mass is 10.0. The molecule has 22 heavy (non-hydrogen) atoms. The SMILES string of the molecule is CCc1ccc([N+](=O)[O-])cc1S(=O)(=O)NC1CCCNC1C. The van der Waals surface area contributed by atoms with Gasteiger partial charge in [-0.3, -0.25) is 10.1 Å². The van der Waals surface area contributed by atoms with Crippen molar-refractivity contribution in [1.29, 1.82) is 0 Å². The average Bonchev–Trinajstić information content (AvgIpc) is 2.48. The van der Waals surface area contributed by atoms with E-state index in [4.69, 9.17) is 0 Å². The summed E-state index contributed by atoms with van der Waals surface area (Å²) in [6.07, 6.45) is 2.14. The second kappa shape index (κ2) is 6.72. The molecule has 1 saturated heterocycles. The molecule has 0 aliphatic carbocycles. The number of hydrogen-bond acceptors (Lipinski definition) is 5. The summed E-state index contributed by atoms with van der Waals surface area (Å²) < 4.78 is 28.0. The quantitative estimate of drug-likeness (QED) is 0.631. The van der Waals surface area contributed by atoms with Crippen LogP contribution in [0.15, 0.2) is 23.1 Å². The van der Waals surface area contributed by atoms with E-state index in [2.05, 4.69) is 10.0 Å². The molecule has 8 heteroatoms. The maximum atomic E-state index is 12.6. The van der Waals surface area contributed by atoms with Crippen LogP contribution in [-0.2, 0) is 16.4 Å². The minimum absolute atomic E-state index is 0.00183. The highest BCUT2D eigenvalue weighted by Crippen LogP contribution is 2.24. The van der Waals surface area contributed by atoms with Crippen LogP contribution in [0.4, 0.5) is 5.69 Å². The fourth-order valence-electron chi connectivity index (χ4n) is 2.67. The summed E-state index contributed by atoms with van der Waals surface area (Å²) in [5.74, 6) is 0. The number of nitro groups is 1. The molecular formula is C14H21N3O4S. The second-order valence-electron chi connectivity index (χ2n) is 5.52. The Labute approximate surface area is 130 Å². The fourth-order valence-corrected chi connectivity index (χ4v) is 4.35. The van der Waals surface area contributed by atoms with Crippen molar-refractivity contribution in [2.45, 2.75) is 50.1 Å². The van der Waals surface area contributed by atoms with Gasteiger partial charge < -0.3 is 5.32 Å².